The van der Waals surface area contributed by atoms with E-state index in [4.69, 9.17) is 12.2 Å². The summed E-state index contributed by atoms with van der Waals surface area (Å²) in [6.07, 6.45) is 4.70. The van der Waals surface area contributed by atoms with Gasteiger partial charge < -0.3 is 4.57 Å². The first-order valence-corrected chi connectivity index (χ1v) is 8.25. The van der Waals surface area contributed by atoms with Crippen LogP contribution in [-0.2, 0) is 9.59 Å². The largest absolute Gasteiger partial charge is 0.317 e. The summed E-state index contributed by atoms with van der Waals surface area (Å²) in [7, 11) is 0. The van der Waals surface area contributed by atoms with Crippen molar-refractivity contribution < 1.29 is 14.5 Å². The first-order chi connectivity index (χ1) is 12.9. The summed E-state index contributed by atoms with van der Waals surface area (Å²) in [6, 6.07) is 9.40. The number of hydrogen-bond acceptors (Lipinski definition) is 5. The average molecular weight is 382 g/mol. The van der Waals surface area contributed by atoms with Gasteiger partial charge in [0.2, 0.25) is 0 Å². The number of nitrogens with zero attached hydrogens (tertiary/aromatic N) is 3. The van der Waals surface area contributed by atoms with Gasteiger partial charge in [-0.2, -0.15) is 0 Å². The zero-order chi connectivity index (χ0) is 19.6. The number of hydrogen-bond donors (Lipinski definition) is 1. The summed E-state index contributed by atoms with van der Waals surface area (Å²) < 4.78 is 1.71. The summed E-state index contributed by atoms with van der Waals surface area (Å²) in [5, 5.41) is 13.3. The maximum absolute atomic E-state index is 12.6. The molecule has 1 aliphatic rings. The van der Waals surface area contributed by atoms with Crippen LogP contribution in [0.4, 0.5) is 5.69 Å². The summed E-state index contributed by atoms with van der Waals surface area (Å²) >= 11 is 5.02. The van der Waals surface area contributed by atoms with Crippen LogP contribution in [0.25, 0.3) is 11.8 Å². The third kappa shape index (κ3) is 3.53. The number of aromatic nitrogens is 1. The van der Waals surface area contributed by atoms with Crippen molar-refractivity contribution in [2.75, 3.05) is 6.54 Å². The Kier molecular flexibility index (Phi) is 4.95. The van der Waals surface area contributed by atoms with E-state index in [1.165, 1.54) is 29.2 Å². The lowest BCUT2D eigenvalue weighted by atomic mass is 10.1. The first kappa shape index (κ1) is 18.2. The van der Waals surface area contributed by atoms with Crippen molar-refractivity contribution in [2.24, 2.45) is 0 Å². The van der Waals surface area contributed by atoms with E-state index >= 15 is 0 Å². The van der Waals surface area contributed by atoms with Crippen molar-refractivity contribution in [3.63, 3.8) is 0 Å². The number of carbonyl (C=O) groups excluding carboxylic acids is 2. The molecular formula is C18H14N4O4S. The third-order valence-corrected chi connectivity index (χ3v) is 4.23. The highest BCUT2D eigenvalue weighted by atomic mass is 32.1. The molecule has 27 heavy (non-hydrogen) atoms. The molecule has 0 bridgehead atoms. The number of rotatable bonds is 5. The molecule has 0 aliphatic carbocycles. The van der Waals surface area contributed by atoms with Gasteiger partial charge in [0.1, 0.15) is 5.57 Å². The van der Waals surface area contributed by atoms with E-state index < -0.39 is 16.7 Å². The van der Waals surface area contributed by atoms with Gasteiger partial charge in [0, 0.05) is 36.3 Å². The van der Waals surface area contributed by atoms with E-state index in [0.29, 0.717) is 11.4 Å². The minimum absolute atomic E-state index is 0.0266. The molecule has 0 saturated carbocycles. The van der Waals surface area contributed by atoms with Crippen molar-refractivity contribution in [1.82, 2.24) is 14.8 Å². The topological polar surface area (TPSA) is 97.5 Å². The summed E-state index contributed by atoms with van der Waals surface area (Å²) in [5.74, 6) is -1.10. The van der Waals surface area contributed by atoms with Crippen molar-refractivity contribution in [1.29, 1.82) is 0 Å². The van der Waals surface area contributed by atoms with Gasteiger partial charge in [0.25, 0.3) is 17.5 Å². The van der Waals surface area contributed by atoms with Gasteiger partial charge in [-0.3, -0.25) is 29.9 Å². The summed E-state index contributed by atoms with van der Waals surface area (Å²) in [6.45, 7) is 3.76. The maximum atomic E-state index is 12.6. The maximum Gasteiger partial charge on any atom is 0.269 e. The molecule has 2 amide bonds. The molecule has 1 aromatic heterocycles. The van der Waals surface area contributed by atoms with Crippen LogP contribution in [0.2, 0.25) is 0 Å². The fourth-order valence-electron chi connectivity index (χ4n) is 2.62. The molecule has 2 heterocycles. The van der Waals surface area contributed by atoms with Crippen molar-refractivity contribution in [2.45, 2.75) is 0 Å². The molecule has 9 heteroatoms. The number of non-ortho nitro benzene ring substituents is 1. The Labute approximate surface area is 159 Å². The summed E-state index contributed by atoms with van der Waals surface area (Å²) in [5.41, 5.74) is 1.13. The van der Waals surface area contributed by atoms with E-state index in [0.717, 1.165) is 0 Å². The van der Waals surface area contributed by atoms with Crippen LogP contribution in [-0.4, -0.2) is 37.9 Å². The molecule has 0 atom stereocenters. The fraction of sp³-hybridized carbons (Fsp3) is 0.0556. The normalized spacial score (nSPS) is 15.8. The van der Waals surface area contributed by atoms with Crippen LogP contribution in [0.5, 0.6) is 0 Å². The van der Waals surface area contributed by atoms with Crippen molar-refractivity contribution in [3.05, 3.63) is 76.6 Å². The standard InChI is InChI=1S/C18H14N4O4S/c1-2-9-21-17(24)15(16(23)19-18(21)27)11-14-4-3-10-20(14)12-5-7-13(8-6-12)22(25)26/h2-8,10-11H,1,9H2,(H,19,23,27). The minimum atomic E-state index is -0.582. The number of thiocarbonyl (C=S) groups is 1. The molecule has 0 spiro atoms. The van der Waals surface area contributed by atoms with Crippen LogP contribution in [0.15, 0.2) is 60.8 Å². The van der Waals surface area contributed by atoms with Gasteiger partial charge in [0.05, 0.1) is 4.92 Å². The van der Waals surface area contributed by atoms with Crippen molar-refractivity contribution >= 4 is 40.9 Å². The van der Waals surface area contributed by atoms with Crippen LogP contribution in [0, 0.1) is 10.1 Å². The van der Waals surface area contributed by atoms with Crippen LogP contribution in [0.1, 0.15) is 5.69 Å². The zero-order valence-corrected chi connectivity index (χ0v) is 14.8. The summed E-state index contributed by atoms with van der Waals surface area (Å²) in [4.78, 5) is 36.4. The number of nitro benzene ring substituents is 1. The molecule has 8 nitrogen and oxygen atoms in total. The van der Waals surface area contributed by atoms with E-state index in [-0.39, 0.29) is 22.9 Å². The van der Waals surface area contributed by atoms with E-state index in [9.17, 15) is 19.7 Å². The van der Waals surface area contributed by atoms with E-state index in [1.807, 2.05) is 0 Å². The smallest absolute Gasteiger partial charge is 0.269 e. The highest BCUT2D eigenvalue weighted by Crippen LogP contribution is 2.20. The second-order valence-electron chi connectivity index (χ2n) is 5.60. The van der Waals surface area contributed by atoms with Crippen LogP contribution < -0.4 is 5.32 Å². The molecular weight excluding hydrogens is 368 g/mol. The zero-order valence-electron chi connectivity index (χ0n) is 14.0. The fourth-order valence-corrected chi connectivity index (χ4v) is 2.87. The van der Waals surface area contributed by atoms with Gasteiger partial charge in [0.15, 0.2) is 5.11 Å². The van der Waals surface area contributed by atoms with Gasteiger partial charge >= 0.3 is 0 Å². The first-order valence-electron chi connectivity index (χ1n) is 7.84. The highest BCUT2D eigenvalue weighted by Gasteiger charge is 2.32. The molecule has 3 rings (SSSR count). The Bertz CT molecular complexity index is 991. The van der Waals surface area contributed by atoms with Crippen LogP contribution >= 0.6 is 12.2 Å². The molecule has 1 N–H and O–H groups in total. The molecule has 1 aromatic carbocycles. The van der Waals surface area contributed by atoms with Gasteiger partial charge in [-0.05, 0) is 42.6 Å². The Morgan fingerprint density at radius 3 is 2.56 bits per heavy atom. The number of benzene rings is 1. The van der Waals surface area contributed by atoms with Gasteiger partial charge in [-0.1, -0.05) is 6.08 Å². The molecule has 1 fully saturated rings. The second-order valence-corrected chi connectivity index (χ2v) is 5.98. The Hall–Kier alpha value is -3.59. The van der Waals surface area contributed by atoms with E-state index in [2.05, 4.69) is 11.9 Å². The van der Waals surface area contributed by atoms with Crippen molar-refractivity contribution in [3.8, 4) is 5.69 Å². The van der Waals surface area contributed by atoms with Crippen LogP contribution in [0.3, 0.4) is 0 Å². The Morgan fingerprint density at radius 1 is 1.22 bits per heavy atom. The molecule has 1 aliphatic heterocycles. The number of amides is 2. The predicted octanol–water partition coefficient (Wildman–Crippen LogP) is 2.20. The number of carbonyl (C=O) groups is 2. The second kappa shape index (κ2) is 7.34. The van der Waals surface area contributed by atoms with E-state index in [1.54, 1.807) is 35.0 Å². The lowest BCUT2D eigenvalue weighted by Crippen LogP contribution is -2.53. The van der Waals surface area contributed by atoms with Gasteiger partial charge in [-0.15, -0.1) is 6.58 Å². The monoisotopic (exact) mass is 382 g/mol. The minimum Gasteiger partial charge on any atom is -0.317 e. The lowest BCUT2D eigenvalue weighted by Gasteiger charge is -2.27. The Morgan fingerprint density at radius 2 is 1.93 bits per heavy atom. The molecule has 0 radical (unpaired) electrons. The molecule has 1 saturated heterocycles. The third-order valence-electron chi connectivity index (χ3n) is 3.91. The number of nitro groups is 1. The lowest BCUT2D eigenvalue weighted by molar-refractivity contribution is -0.384. The quantitative estimate of drug-likeness (QED) is 0.214. The SMILES string of the molecule is C=CCN1C(=O)C(=Cc2cccn2-c2ccc([N+](=O)[O-])cc2)C(=O)NC1=S. The highest BCUT2D eigenvalue weighted by molar-refractivity contribution is 7.80. The predicted molar refractivity (Wildman–Crippen MR) is 103 cm³/mol. The Balaban J connectivity index is 1.98. The molecule has 2 aromatic rings. The molecule has 0 unspecified atom stereocenters. The van der Waals surface area contributed by atoms with Gasteiger partial charge in [-0.25, -0.2) is 0 Å². The molecule has 136 valence electrons. The number of nitrogens with one attached hydrogen (secondary N) is 1. The average Bonchev–Trinajstić information content (AvgIpc) is 3.10.